The lowest BCUT2D eigenvalue weighted by atomic mass is 10.2. The Morgan fingerprint density at radius 1 is 1.48 bits per heavy atom. The van der Waals surface area contributed by atoms with Gasteiger partial charge in [0.2, 0.25) is 5.91 Å². The molecule has 1 amide bonds. The number of nitrogens with one attached hydrogen (secondary N) is 1. The third-order valence-electron chi connectivity index (χ3n) is 3.87. The summed E-state index contributed by atoms with van der Waals surface area (Å²) in [6.07, 6.45) is 3.65. The molecule has 21 heavy (non-hydrogen) atoms. The maximum Gasteiger partial charge on any atom is 0.239 e. The van der Waals surface area contributed by atoms with Crippen LogP contribution in [0.4, 0.5) is 5.00 Å². The van der Waals surface area contributed by atoms with Crippen molar-refractivity contribution in [2.24, 2.45) is 5.92 Å². The summed E-state index contributed by atoms with van der Waals surface area (Å²) in [5.41, 5.74) is 1.58. The van der Waals surface area contributed by atoms with E-state index in [2.05, 4.69) is 23.2 Å². The topological polar surface area (TPSA) is 56.1 Å². The quantitative estimate of drug-likeness (QED) is 0.841. The fourth-order valence-corrected chi connectivity index (χ4v) is 3.46. The van der Waals surface area contributed by atoms with Crippen LogP contribution in [0, 0.1) is 31.1 Å². The van der Waals surface area contributed by atoms with E-state index in [1.165, 1.54) is 24.2 Å². The van der Waals surface area contributed by atoms with Gasteiger partial charge in [-0.25, -0.2) is 0 Å². The van der Waals surface area contributed by atoms with Crippen LogP contribution in [0.3, 0.4) is 0 Å². The van der Waals surface area contributed by atoms with Crippen LogP contribution in [-0.4, -0.2) is 30.4 Å². The summed E-state index contributed by atoms with van der Waals surface area (Å²) < 4.78 is 0. The van der Waals surface area contributed by atoms with E-state index < -0.39 is 0 Å². The van der Waals surface area contributed by atoms with Gasteiger partial charge in [-0.05, 0) is 51.1 Å². The maximum atomic E-state index is 12.2. The van der Waals surface area contributed by atoms with E-state index >= 15 is 0 Å². The van der Waals surface area contributed by atoms with Gasteiger partial charge >= 0.3 is 0 Å². The largest absolute Gasteiger partial charge is 0.315 e. The van der Waals surface area contributed by atoms with E-state index in [1.807, 2.05) is 13.8 Å². The lowest BCUT2D eigenvalue weighted by Gasteiger charge is -2.20. The molecule has 0 bridgehead atoms. The smallest absolute Gasteiger partial charge is 0.239 e. The molecule has 0 aliphatic heterocycles. The van der Waals surface area contributed by atoms with Crippen molar-refractivity contribution in [2.45, 2.75) is 40.0 Å². The fraction of sp³-hybridized carbons (Fsp3) is 0.625. The number of hydrogen-bond donors (Lipinski definition) is 1. The van der Waals surface area contributed by atoms with E-state index in [0.29, 0.717) is 17.1 Å². The number of aryl methyl sites for hydroxylation is 1. The standard InChI is InChI=1S/C16H23N3OS/c1-4-7-19(9-13-5-6-13)10-15(20)18-16-14(8-17)11(2)12(3)21-16/h13H,4-7,9-10H2,1-3H3,(H,18,20). The van der Waals surface area contributed by atoms with Gasteiger partial charge in [-0.1, -0.05) is 6.92 Å². The Labute approximate surface area is 130 Å². The van der Waals surface area contributed by atoms with Crippen molar-refractivity contribution >= 4 is 22.2 Å². The van der Waals surface area contributed by atoms with Gasteiger partial charge in [-0.2, -0.15) is 5.26 Å². The molecule has 1 heterocycles. The predicted molar refractivity (Wildman–Crippen MR) is 86.6 cm³/mol. The Hall–Kier alpha value is -1.38. The molecule has 0 spiro atoms. The number of nitriles is 1. The van der Waals surface area contributed by atoms with Crippen LogP contribution in [0.15, 0.2) is 0 Å². The zero-order valence-electron chi connectivity index (χ0n) is 13.0. The summed E-state index contributed by atoms with van der Waals surface area (Å²) in [5, 5.41) is 12.8. The summed E-state index contributed by atoms with van der Waals surface area (Å²) in [6.45, 7) is 8.44. The number of hydrogen-bond acceptors (Lipinski definition) is 4. The molecule has 4 nitrogen and oxygen atoms in total. The lowest BCUT2D eigenvalue weighted by Crippen LogP contribution is -2.35. The zero-order chi connectivity index (χ0) is 15.4. The van der Waals surface area contributed by atoms with Crippen LogP contribution in [0.25, 0.3) is 0 Å². The van der Waals surface area contributed by atoms with Crippen molar-refractivity contribution in [1.82, 2.24) is 4.90 Å². The molecule has 1 aromatic rings. The van der Waals surface area contributed by atoms with E-state index in [1.54, 1.807) is 0 Å². The second-order valence-corrected chi connectivity index (χ2v) is 7.05. The van der Waals surface area contributed by atoms with E-state index in [4.69, 9.17) is 0 Å². The minimum Gasteiger partial charge on any atom is -0.315 e. The van der Waals surface area contributed by atoms with Crippen molar-refractivity contribution in [2.75, 3.05) is 25.0 Å². The minimum atomic E-state index is -0.0122. The molecular formula is C16H23N3OS. The van der Waals surface area contributed by atoms with Crippen molar-refractivity contribution in [3.05, 3.63) is 16.0 Å². The highest BCUT2D eigenvalue weighted by Gasteiger charge is 2.25. The molecule has 0 aromatic carbocycles. The minimum absolute atomic E-state index is 0.0122. The monoisotopic (exact) mass is 305 g/mol. The van der Waals surface area contributed by atoms with Crippen LogP contribution < -0.4 is 5.32 Å². The Kier molecular flexibility index (Phi) is 5.38. The Bertz CT molecular complexity index is 555. The summed E-state index contributed by atoms with van der Waals surface area (Å²) >= 11 is 1.49. The first-order valence-corrected chi connectivity index (χ1v) is 8.39. The average molecular weight is 305 g/mol. The number of anilines is 1. The molecule has 1 aromatic heterocycles. The molecule has 1 aliphatic rings. The van der Waals surface area contributed by atoms with Gasteiger partial charge in [0.1, 0.15) is 11.1 Å². The van der Waals surface area contributed by atoms with Gasteiger partial charge in [-0.3, -0.25) is 9.69 Å². The molecule has 1 N–H and O–H groups in total. The van der Waals surface area contributed by atoms with Gasteiger partial charge in [0.05, 0.1) is 12.1 Å². The van der Waals surface area contributed by atoms with Gasteiger partial charge in [0, 0.05) is 11.4 Å². The first-order chi connectivity index (χ1) is 10.0. The molecule has 1 aliphatic carbocycles. The SMILES string of the molecule is CCCN(CC(=O)Nc1sc(C)c(C)c1C#N)CC1CC1. The number of carbonyl (C=O) groups is 1. The van der Waals surface area contributed by atoms with Gasteiger partial charge in [-0.15, -0.1) is 11.3 Å². The van der Waals surface area contributed by atoms with Crippen molar-refractivity contribution in [3.8, 4) is 6.07 Å². The molecule has 0 atom stereocenters. The highest BCUT2D eigenvalue weighted by atomic mass is 32.1. The maximum absolute atomic E-state index is 12.2. The normalized spacial score (nSPS) is 14.2. The van der Waals surface area contributed by atoms with Gasteiger partial charge < -0.3 is 5.32 Å². The molecule has 1 fully saturated rings. The number of thiophene rings is 1. The third-order valence-corrected chi connectivity index (χ3v) is 4.99. The average Bonchev–Trinajstić information content (AvgIpc) is 3.18. The first-order valence-electron chi connectivity index (χ1n) is 7.57. The second-order valence-electron chi connectivity index (χ2n) is 5.83. The predicted octanol–water partition coefficient (Wildman–Crippen LogP) is 3.30. The summed E-state index contributed by atoms with van der Waals surface area (Å²) in [4.78, 5) is 15.5. The lowest BCUT2D eigenvalue weighted by molar-refractivity contribution is -0.117. The third kappa shape index (κ3) is 4.29. The number of carbonyl (C=O) groups excluding carboxylic acids is 1. The number of rotatable bonds is 7. The molecule has 114 valence electrons. The highest BCUT2D eigenvalue weighted by molar-refractivity contribution is 7.16. The molecule has 0 saturated heterocycles. The molecular weight excluding hydrogens is 282 g/mol. The van der Waals surface area contributed by atoms with E-state index in [0.717, 1.165) is 35.9 Å². The van der Waals surface area contributed by atoms with Crippen molar-refractivity contribution < 1.29 is 4.79 Å². The van der Waals surface area contributed by atoms with Gasteiger partial charge in [0.15, 0.2) is 0 Å². The Morgan fingerprint density at radius 2 is 2.19 bits per heavy atom. The number of nitrogens with zero attached hydrogens (tertiary/aromatic N) is 2. The van der Waals surface area contributed by atoms with Crippen LogP contribution in [0.5, 0.6) is 0 Å². The molecule has 5 heteroatoms. The second kappa shape index (κ2) is 7.06. The highest BCUT2D eigenvalue weighted by Crippen LogP contribution is 2.32. The molecule has 0 radical (unpaired) electrons. The fourth-order valence-electron chi connectivity index (χ4n) is 2.44. The summed E-state index contributed by atoms with van der Waals surface area (Å²) in [6, 6.07) is 2.19. The molecule has 1 saturated carbocycles. The van der Waals surface area contributed by atoms with E-state index in [9.17, 15) is 10.1 Å². The molecule has 0 unspecified atom stereocenters. The number of amides is 1. The Balaban J connectivity index is 1.96. The Morgan fingerprint density at radius 3 is 2.76 bits per heavy atom. The van der Waals surface area contributed by atoms with E-state index in [-0.39, 0.29) is 5.91 Å². The van der Waals surface area contributed by atoms with Gasteiger partial charge in [0.25, 0.3) is 0 Å². The van der Waals surface area contributed by atoms with Crippen LogP contribution in [0.2, 0.25) is 0 Å². The van der Waals surface area contributed by atoms with Crippen molar-refractivity contribution in [1.29, 1.82) is 5.26 Å². The first kappa shape index (κ1) is 16.0. The summed E-state index contributed by atoms with van der Waals surface area (Å²) in [7, 11) is 0. The molecule has 2 rings (SSSR count). The van der Waals surface area contributed by atoms with Crippen LogP contribution in [-0.2, 0) is 4.79 Å². The van der Waals surface area contributed by atoms with Crippen LogP contribution >= 0.6 is 11.3 Å². The van der Waals surface area contributed by atoms with Crippen LogP contribution in [0.1, 0.15) is 42.2 Å². The van der Waals surface area contributed by atoms with Crippen molar-refractivity contribution in [3.63, 3.8) is 0 Å². The summed E-state index contributed by atoms with van der Waals surface area (Å²) in [5.74, 6) is 0.770. The zero-order valence-corrected chi connectivity index (χ0v) is 13.8.